The van der Waals surface area contributed by atoms with Crippen molar-refractivity contribution in [3.63, 3.8) is 0 Å². The van der Waals surface area contributed by atoms with Crippen LogP contribution in [0.5, 0.6) is 0 Å². The highest BCUT2D eigenvalue weighted by atomic mass is 14.2. The molecule has 0 amide bonds. The van der Waals surface area contributed by atoms with Gasteiger partial charge in [-0.3, -0.25) is 0 Å². The Morgan fingerprint density at radius 2 is 0.660 bits per heavy atom. The molecule has 0 spiro atoms. The highest BCUT2D eigenvalue weighted by Gasteiger charge is 2.20. The third-order valence-electron chi connectivity index (χ3n) is 10.4. The standard InChI is InChI=1S/C50H32/c1-3-15-36-30-38(26-24-33(36)12-1)43-19-7-8-20-44(43)50-46-22-10-9-21-45(46)49(40-27-25-34-13-2-4-16-37(34)31-40)47-29-28-39(32-48(47)50)42-23-11-17-35-14-5-6-18-41(35)42/h1-32H. The van der Waals surface area contributed by atoms with Crippen LogP contribution in [-0.2, 0) is 0 Å². The Balaban J connectivity index is 1.33. The molecular formula is C50H32. The van der Waals surface area contributed by atoms with Gasteiger partial charge in [-0.1, -0.05) is 176 Å². The molecule has 0 heteroatoms. The van der Waals surface area contributed by atoms with Crippen molar-refractivity contribution in [3.8, 4) is 44.5 Å². The van der Waals surface area contributed by atoms with Crippen LogP contribution in [0, 0.1) is 0 Å². The minimum atomic E-state index is 1.22. The molecule has 0 atom stereocenters. The van der Waals surface area contributed by atoms with Gasteiger partial charge in [0.1, 0.15) is 0 Å². The van der Waals surface area contributed by atoms with Gasteiger partial charge < -0.3 is 0 Å². The van der Waals surface area contributed by atoms with Gasteiger partial charge in [0.2, 0.25) is 0 Å². The maximum Gasteiger partial charge on any atom is -0.00199 e. The molecule has 0 unspecified atom stereocenters. The Hall–Kier alpha value is -6.50. The van der Waals surface area contributed by atoms with Crippen LogP contribution < -0.4 is 0 Å². The molecular weight excluding hydrogens is 601 g/mol. The molecule has 0 aliphatic rings. The summed E-state index contributed by atoms with van der Waals surface area (Å²) in [5.74, 6) is 0. The summed E-state index contributed by atoms with van der Waals surface area (Å²) in [6, 6.07) is 71.5. The van der Waals surface area contributed by atoms with Gasteiger partial charge in [-0.2, -0.15) is 0 Å². The van der Waals surface area contributed by atoms with E-state index in [4.69, 9.17) is 0 Å². The molecule has 10 aromatic rings. The Kier molecular flexibility index (Phi) is 6.60. The van der Waals surface area contributed by atoms with Gasteiger partial charge in [-0.05, 0) is 117 Å². The van der Waals surface area contributed by atoms with E-state index < -0.39 is 0 Å². The van der Waals surface area contributed by atoms with Gasteiger partial charge in [0.25, 0.3) is 0 Å². The third-order valence-corrected chi connectivity index (χ3v) is 10.4. The molecule has 0 aliphatic carbocycles. The summed E-state index contributed by atoms with van der Waals surface area (Å²) >= 11 is 0. The molecule has 10 aromatic carbocycles. The first-order valence-electron chi connectivity index (χ1n) is 17.3. The first-order valence-corrected chi connectivity index (χ1v) is 17.3. The van der Waals surface area contributed by atoms with Crippen LogP contribution in [0.1, 0.15) is 0 Å². The van der Waals surface area contributed by atoms with Gasteiger partial charge in [-0.25, -0.2) is 0 Å². The van der Waals surface area contributed by atoms with Crippen molar-refractivity contribution in [2.45, 2.75) is 0 Å². The van der Waals surface area contributed by atoms with E-state index in [1.807, 2.05) is 0 Å². The van der Waals surface area contributed by atoms with E-state index in [0.29, 0.717) is 0 Å². The summed E-state index contributed by atoms with van der Waals surface area (Å²) in [6.45, 7) is 0. The maximum atomic E-state index is 2.45. The van der Waals surface area contributed by atoms with Gasteiger partial charge >= 0.3 is 0 Å². The molecule has 0 aromatic heterocycles. The molecule has 10 rings (SSSR count). The second-order valence-corrected chi connectivity index (χ2v) is 13.3. The number of fused-ring (bicyclic) bond motifs is 5. The second-order valence-electron chi connectivity index (χ2n) is 13.3. The van der Waals surface area contributed by atoms with Crippen LogP contribution in [0.4, 0.5) is 0 Å². The first kappa shape index (κ1) is 28.5. The van der Waals surface area contributed by atoms with Crippen LogP contribution in [0.25, 0.3) is 98.4 Å². The lowest BCUT2D eigenvalue weighted by atomic mass is 9.82. The van der Waals surface area contributed by atoms with Gasteiger partial charge in [0.15, 0.2) is 0 Å². The lowest BCUT2D eigenvalue weighted by molar-refractivity contribution is 1.62. The number of benzene rings is 10. The molecule has 0 saturated heterocycles. The summed E-state index contributed by atoms with van der Waals surface area (Å²) in [6.07, 6.45) is 0. The first-order chi connectivity index (χ1) is 24.8. The zero-order valence-electron chi connectivity index (χ0n) is 27.5. The van der Waals surface area contributed by atoms with Crippen molar-refractivity contribution in [3.05, 3.63) is 194 Å². The summed E-state index contributed by atoms with van der Waals surface area (Å²) in [4.78, 5) is 0. The molecule has 0 N–H and O–H groups in total. The van der Waals surface area contributed by atoms with Gasteiger partial charge in [0.05, 0.1) is 0 Å². The quantitative estimate of drug-likeness (QED) is 0.169. The maximum absolute atomic E-state index is 2.45. The van der Waals surface area contributed by atoms with E-state index >= 15 is 0 Å². The van der Waals surface area contributed by atoms with Crippen LogP contribution in [0.2, 0.25) is 0 Å². The average Bonchev–Trinajstić information content (AvgIpc) is 3.19. The fourth-order valence-electron chi connectivity index (χ4n) is 8.08. The topological polar surface area (TPSA) is 0 Å². The number of hydrogen-bond donors (Lipinski definition) is 0. The Morgan fingerprint density at radius 3 is 1.40 bits per heavy atom. The molecule has 0 saturated carbocycles. The monoisotopic (exact) mass is 632 g/mol. The van der Waals surface area contributed by atoms with Crippen molar-refractivity contribution >= 4 is 53.9 Å². The lowest BCUT2D eigenvalue weighted by Gasteiger charge is -2.21. The highest BCUT2D eigenvalue weighted by Crippen LogP contribution is 2.47. The highest BCUT2D eigenvalue weighted by molar-refractivity contribution is 6.23. The van der Waals surface area contributed by atoms with Crippen molar-refractivity contribution < 1.29 is 0 Å². The fraction of sp³-hybridized carbons (Fsp3) is 0. The number of rotatable bonds is 4. The Labute approximate surface area is 291 Å². The van der Waals surface area contributed by atoms with Gasteiger partial charge in [-0.15, -0.1) is 0 Å². The second kappa shape index (κ2) is 11.6. The molecule has 0 fully saturated rings. The predicted octanol–water partition coefficient (Wildman–Crippen LogP) is 14.1. The number of hydrogen-bond acceptors (Lipinski definition) is 0. The molecule has 0 heterocycles. The molecule has 0 bridgehead atoms. The van der Waals surface area contributed by atoms with Crippen molar-refractivity contribution in [2.75, 3.05) is 0 Å². The zero-order valence-corrected chi connectivity index (χ0v) is 27.5. The van der Waals surface area contributed by atoms with E-state index in [-0.39, 0.29) is 0 Å². The van der Waals surface area contributed by atoms with Crippen LogP contribution >= 0.6 is 0 Å². The van der Waals surface area contributed by atoms with Crippen molar-refractivity contribution in [2.24, 2.45) is 0 Å². The predicted molar refractivity (Wildman–Crippen MR) is 216 cm³/mol. The minimum absolute atomic E-state index is 1.22. The summed E-state index contributed by atoms with van der Waals surface area (Å²) < 4.78 is 0. The fourth-order valence-corrected chi connectivity index (χ4v) is 8.08. The Morgan fingerprint density at radius 1 is 0.200 bits per heavy atom. The van der Waals surface area contributed by atoms with Crippen molar-refractivity contribution in [1.82, 2.24) is 0 Å². The van der Waals surface area contributed by atoms with E-state index in [1.165, 1.54) is 98.4 Å². The zero-order chi connectivity index (χ0) is 33.0. The average molecular weight is 633 g/mol. The smallest absolute Gasteiger partial charge is 0.00199 e. The third kappa shape index (κ3) is 4.61. The molecule has 232 valence electrons. The SMILES string of the molecule is c1ccc(-c2c3ccccc3c(-c3ccc4ccccc4c3)c3ccc(-c4cccc5ccccc45)cc23)c(-c2ccc3ccccc3c2)c1. The molecule has 50 heavy (non-hydrogen) atoms. The van der Waals surface area contributed by atoms with Crippen LogP contribution in [0.3, 0.4) is 0 Å². The van der Waals surface area contributed by atoms with Crippen molar-refractivity contribution in [1.29, 1.82) is 0 Å². The summed E-state index contributed by atoms with van der Waals surface area (Å²) in [5, 5.41) is 12.6. The Bertz CT molecular complexity index is 2920. The van der Waals surface area contributed by atoms with E-state index in [2.05, 4.69) is 194 Å². The lowest BCUT2D eigenvalue weighted by Crippen LogP contribution is -1.94. The van der Waals surface area contributed by atoms with Gasteiger partial charge in [0, 0.05) is 0 Å². The van der Waals surface area contributed by atoms with Crippen LogP contribution in [0.15, 0.2) is 194 Å². The summed E-state index contributed by atoms with van der Waals surface area (Å²) in [7, 11) is 0. The largest absolute Gasteiger partial charge is 0.0616 e. The van der Waals surface area contributed by atoms with Crippen LogP contribution in [-0.4, -0.2) is 0 Å². The van der Waals surface area contributed by atoms with E-state index in [0.717, 1.165) is 0 Å². The van der Waals surface area contributed by atoms with E-state index in [1.54, 1.807) is 0 Å². The summed E-state index contributed by atoms with van der Waals surface area (Å²) in [5.41, 5.74) is 9.95. The molecule has 0 radical (unpaired) electrons. The molecule has 0 nitrogen and oxygen atoms in total. The normalized spacial score (nSPS) is 11.6. The van der Waals surface area contributed by atoms with E-state index in [9.17, 15) is 0 Å². The minimum Gasteiger partial charge on any atom is -0.0616 e. The molecule has 0 aliphatic heterocycles.